The van der Waals surface area contributed by atoms with Crippen LogP contribution in [0.3, 0.4) is 0 Å². The van der Waals surface area contributed by atoms with Gasteiger partial charge in [-0.05, 0) is 0 Å². The van der Waals surface area contributed by atoms with E-state index in [2.05, 4.69) is 5.92 Å². The van der Waals surface area contributed by atoms with Crippen molar-refractivity contribution in [3.8, 4) is 5.92 Å². The zero-order chi connectivity index (χ0) is 5.11. The van der Waals surface area contributed by atoms with Crippen LogP contribution in [0.2, 0.25) is 0 Å². The molecule has 0 bridgehead atoms. The molecule has 0 aliphatic heterocycles. The molecule has 1 rings (SSSR count). The van der Waals surface area contributed by atoms with E-state index < -0.39 is 0 Å². The predicted octanol–water partition coefficient (Wildman–Crippen LogP) is -1.68. The number of allylic oxidation sites excluding steroid dienone is 4. The van der Waals surface area contributed by atoms with E-state index in [-0.39, 0.29) is 24.8 Å². The van der Waals surface area contributed by atoms with Crippen molar-refractivity contribution in [2.45, 2.75) is 0 Å². The molecule has 8 heavy (non-hydrogen) atoms. The maximum absolute atomic E-state index is 6.65. The molecule has 0 aromatic carbocycles. The smallest absolute Gasteiger partial charge is 0.693 e. The first-order valence-corrected chi connectivity index (χ1v) is 2.21. The molecule has 0 unspecified atom stereocenters. The average Bonchev–Trinajstić information content (AvgIpc) is 2.14. The molecule has 0 radical (unpaired) electrons. The Kier molecular flexibility index (Phi) is 3.45. The van der Waals surface area contributed by atoms with Crippen molar-refractivity contribution in [1.29, 1.82) is 0 Å². The van der Waals surface area contributed by atoms with Crippen molar-refractivity contribution < 1.29 is 18.9 Å². The first-order valence-electron chi connectivity index (χ1n) is 2.21. The summed E-state index contributed by atoms with van der Waals surface area (Å²) < 4.78 is 0. The fraction of sp³-hybridized carbons (Fsp3) is 0.143. The molecule has 1 aliphatic rings. The summed E-state index contributed by atoms with van der Waals surface area (Å²) in [5.74, 6) is 2.49. The van der Waals surface area contributed by atoms with Gasteiger partial charge in [-0.3, -0.25) is 0 Å². The van der Waals surface area contributed by atoms with Crippen LogP contribution in [0.25, 0.3) is 0 Å². The minimum atomic E-state index is 0. The second-order valence-corrected chi connectivity index (χ2v) is 1.44. The summed E-state index contributed by atoms with van der Waals surface area (Å²) in [6, 6.07) is 0. The Balaban J connectivity index is 0.000000490. The van der Waals surface area contributed by atoms with Crippen LogP contribution in [-0.4, -0.2) is 0 Å². The third-order valence-electron chi connectivity index (χ3n) is 0.915. The van der Waals surface area contributed by atoms with Crippen LogP contribution in [0.4, 0.5) is 0 Å². The zero-order valence-electron chi connectivity index (χ0n) is 4.89. The Morgan fingerprint density at radius 1 is 1.25 bits per heavy atom. The van der Waals surface area contributed by atoms with Gasteiger partial charge in [0.05, 0.1) is 0 Å². The molecule has 0 amide bonds. The maximum atomic E-state index is 6.65. The third kappa shape index (κ3) is 1.63. The summed E-state index contributed by atoms with van der Waals surface area (Å²) in [6.45, 7) is 0. The molecule has 1 heteroatoms. The summed E-state index contributed by atoms with van der Waals surface area (Å²) >= 11 is 0. The van der Waals surface area contributed by atoms with Crippen molar-refractivity contribution in [3.05, 3.63) is 30.7 Å². The third-order valence-corrected chi connectivity index (χ3v) is 0.915. The van der Waals surface area contributed by atoms with Crippen LogP contribution >= 0.6 is 0 Å². The van der Waals surface area contributed by atoms with Gasteiger partial charge >= 0.3 is 18.9 Å². The molecule has 34 valence electrons. The van der Waals surface area contributed by atoms with Crippen LogP contribution in [0.15, 0.2) is 24.3 Å². The quantitative estimate of drug-likeness (QED) is 0.192. The zero-order valence-corrected chi connectivity index (χ0v) is 4.89. The predicted molar refractivity (Wildman–Crippen MR) is 28.9 cm³/mol. The Bertz CT molecular complexity index is 136. The average molecular weight is 96.1 g/mol. The fourth-order valence-electron chi connectivity index (χ4n) is 0.528. The Hall–Kier alpha value is -0.363. The van der Waals surface area contributed by atoms with Crippen molar-refractivity contribution in [3.63, 3.8) is 0 Å². The van der Waals surface area contributed by atoms with E-state index in [1.54, 1.807) is 0 Å². The molecule has 0 saturated carbocycles. The van der Waals surface area contributed by atoms with Gasteiger partial charge in [-0.15, -0.1) is 0 Å². The molecule has 1 aliphatic carbocycles. The van der Waals surface area contributed by atoms with Gasteiger partial charge in [0.15, 0.2) is 0 Å². The summed E-state index contributed by atoms with van der Waals surface area (Å²) in [6.07, 6.45) is 14.3. The van der Waals surface area contributed by atoms with Crippen molar-refractivity contribution >= 4 is 0 Å². The van der Waals surface area contributed by atoms with Crippen LogP contribution in [0.1, 0.15) is 0 Å². The number of rotatable bonds is 0. The molecular formula is C7H5Li. The summed E-state index contributed by atoms with van der Waals surface area (Å²) in [7, 11) is 0. The molecular weight excluding hydrogens is 91.0 g/mol. The van der Waals surface area contributed by atoms with Gasteiger partial charge < -0.3 is 12.3 Å². The van der Waals surface area contributed by atoms with E-state index in [0.29, 0.717) is 0 Å². The second kappa shape index (κ2) is 3.62. The molecule has 0 spiro atoms. The molecule has 0 N–H and O–H groups in total. The second-order valence-electron chi connectivity index (χ2n) is 1.44. The molecule has 0 fully saturated rings. The SMILES string of the molecule is [C-]#CC1C=CC=C1.[Li+]. The fourth-order valence-corrected chi connectivity index (χ4v) is 0.528. The summed E-state index contributed by atoms with van der Waals surface area (Å²) in [5, 5.41) is 0. The van der Waals surface area contributed by atoms with Crippen molar-refractivity contribution in [2.75, 3.05) is 0 Å². The minimum Gasteiger partial charge on any atom is -0.693 e. The minimum absolute atomic E-state index is 0. The van der Waals surface area contributed by atoms with Gasteiger partial charge in [0.1, 0.15) is 0 Å². The van der Waals surface area contributed by atoms with Gasteiger partial charge in [-0.25, -0.2) is 0 Å². The van der Waals surface area contributed by atoms with Crippen LogP contribution in [-0.2, 0) is 0 Å². The molecule has 0 heterocycles. The molecule has 0 aromatic heterocycles. The normalized spacial score (nSPS) is 15.4. The van der Waals surface area contributed by atoms with E-state index in [4.69, 9.17) is 6.42 Å². The Morgan fingerprint density at radius 3 is 2.00 bits per heavy atom. The van der Waals surface area contributed by atoms with Gasteiger partial charge in [-0.1, -0.05) is 24.3 Å². The van der Waals surface area contributed by atoms with Crippen LogP contribution in [0, 0.1) is 18.3 Å². The number of hydrogen-bond donors (Lipinski definition) is 0. The van der Waals surface area contributed by atoms with E-state index in [1.807, 2.05) is 24.3 Å². The topological polar surface area (TPSA) is 0 Å². The molecule has 0 saturated heterocycles. The first-order chi connectivity index (χ1) is 3.43. The Labute approximate surface area is 61.8 Å². The first kappa shape index (κ1) is 7.64. The molecule has 0 aromatic rings. The van der Waals surface area contributed by atoms with Crippen LogP contribution < -0.4 is 18.9 Å². The van der Waals surface area contributed by atoms with Crippen molar-refractivity contribution in [2.24, 2.45) is 5.92 Å². The van der Waals surface area contributed by atoms with E-state index >= 15 is 0 Å². The molecule has 0 nitrogen and oxygen atoms in total. The van der Waals surface area contributed by atoms with E-state index in [1.165, 1.54) is 0 Å². The van der Waals surface area contributed by atoms with Gasteiger partial charge in [0, 0.05) is 5.92 Å². The molecule has 0 atom stereocenters. The monoisotopic (exact) mass is 96.1 g/mol. The standard InChI is InChI=1S/C7H5.Li/c1-2-7-5-3-4-6-7;/h3-7H;/q-1;+1. The number of hydrogen-bond acceptors (Lipinski definition) is 0. The Morgan fingerprint density at radius 2 is 1.75 bits per heavy atom. The maximum Gasteiger partial charge on any atom is 1.00 e. The van der Waals surface area contributed by atoms with Gasteiger partial charge in [0.2, 0.25) is 0 Å². The van der Waals surface area contributed by atoms with Crippen LogP contribution in [0.5, 0.6) is 0 Å². The summed E-state index contributed by atoms with van der Waals surface area (Å²) in [5.41, 5.74) is 0. The van der Waals surface area contributed by atoms with Crippen molar-refractivity contribution in [1.82, 2.24) is 0 Å². The largest absolute Gasteiger partial charge is 1.00 e. The van der Waals surface area contributed by atoms with Gasteiger partial charge in [-0.2, -0.15) is 0 Å². The van der Waals surface area contributed by atoms with E-state index in [9.17, 15) is 0 Å². The van der Waals surface area contributed by atoms with Gasteiger partial charge in [0.25, 0.3) is 0 Å². The van der Waals surface area contributed by atoms with E-state index in [0.717, 1.165) is 0 Å². The summed E-state index contributed by atoms with van der Waals surface area (Å²) in [4.78, 5) is 0.